The van der Waals surface area contributed by atoms with Gasteiger partial charge in [-0.2, -0.15) is 0 Å². The number of carbonyl (C=O) groups is 1. The third kappa shape index (κ3) is 1.97. The highest BCUT2D eigenvalue weighted by Gasteiger charge is 2.36. The SMILES string of the molecule is Cc1cc(C(=O)N2CC3CCCNC3C2)co1. The average Bonchev–Trinajstić information content (AvgIpc) is 2.93. The summed E-state index contributed by atoms with van der Waals surface area (Å²) >= 11 is 0. The van der Waals surface area contributed by atoms with Crippen LogP contribution >= 0.6 is 0 Å². The first-order valence-corrected chi connectivity index (χ1v) is 6.32. The Hall–Kier alpha value is -1.29. The molecule has 0 radical (unpaired) electrons. The third-order valence-corrected chi connectivity index (χ3v) is 3.86. The van der Waals surface area contributed by atoms with Crippen molar-refractivity contribution in [2.24, 2.45) is 5.92 Å². The van der Waals surface area contributed by atoms with Gasteiger partial charge in [0.2, 0.25) is 0 Å². The molecule has 17 heavy (non-hydrogen) atoms. The number of fused-ring (bicyclic) bond motifs is 1. The van der Waals surface area contributed by atoms with Crippen LogP contribution in [0.15, 0.2) is 16.7 Å². The van der Waals surface area contributed by atoms with Crippen molar-refractivity contribution in [2.45, 2.75) is 25.8 Å². The molecule has 4 nitrogen and oxygen atoms in total. The minimum Gasteiger partial charge on any atom is -0.469 e. The van der Waals surface area contributed by atoms with Crippen LogP contribution in [0.25, 0.3) is 0 Å². The highest BCUT2D eigenvalue weighted by Crippen LogP contribution is 2.26. The van der Waals surface area contributed by atoms with Crippen LogP contribution in [-0.2, 0) is 0 Å². The molecule has 2 unspecified atom stereocenters. The molecular weight excluding hydrogens is 216 g/mol. The zero-order valence-electron chi connectivity index (χ0n) is 10.1. The van der Waals surface area contributed by atoms with E-state index in [0.717, 1.165) is 25.4 Å². The molecule has 0 aliphatic carbocycles. The van der Waals surface area contributed by atoms with Crippen LogP contribution in [0, 0.1) is 12.8 Å². The number of amides is 1. The first kappa shape index (κ1) is 10.8. The maximum Gasteiger partial charge on any atom is 0.257 e. The van der Waals surface area contributed by atoms with E-state index in [1.807, 2.05) is 17.9 Å². The molecular formula is C13H18N2O2. The number of furan rings is 1. The van der Waals surface area contributed by atoms with Crippen molar-refractivity contribution in [3.8, 4) is 0 Å². The molecule has 0 aromatic carbocycles. The lowest BCUT2D eigenvalue weighted by molar-refractivity contribution is 0.0785. The van der Waals surface area contributed by atoms with Crippen molar-refractivity contribution in [1.82, 2.24) is 10.2 Å². The number of rotatable bonds is 1. The van der Waals surface area contributed by atoms with E-state index in [0.29, 0.717) is 17.5 Å². The number of likely N-dealkylation sites (tertiary alicyclic amines) is 1. The second-order valence-electron chi connectivity index (χ2n) is 5.12. The van der Waals surface area contributed by atoms with E-state index in [4.69, 9.17) is 4.42 Å². The van der Waals surface area contributed by atoms with Gasteiger partial charge in [-0.15, -0.1) is 0 Å². The normalized spacial score (nSPS) is 28.2. The minimum absolute atomic E-state index is 0.109. The highest BCUT2D eigenvalue weighted by molar-refractivity contribution is 5.94. The molecule has 2 atom stereocenters. The van der Waals surface area contributed by atoms with E-state index < -0.39 is 0 Å². The van der Waals surface area contributed by atoms with Gasteiger partial charge in [-0.25, -0.2) is 0 Å². The fourth-order valence-electron chi connectivity index (χ4n) is 2.95. The van der Waals surface area contributed by atoms with E-state index in [9.17, 15) is 4.79 Å². The third-order valence-electron chi connectivity index (χ3n) is 3.86. The molecule has 4 heteroatoms. The molecule has 2 fully saturated rings. The Balaban J connectivity index is 1.71. The molecule has 1 aromatic heterocycles. The highest BCUT2D eigenvalue weighted by atomic mass is 16.3. The molecule has 0 saturated carbocycles. The number of carbonyl (C=O) groups excluding carboxylic acids is 1. The Labute approximate surface area is 101 Å². The summed E-state index contributed by atoms with van der Waals surface area (Å²) in [6, 6.07) is 2.32. The summed E-state index contributed by atoms with van der Waals surface area (Å²) in [5.74, 6) is 1.54. The van der Waals surface area contributed by atoms with Gasteiger partial charge in [-0.1, -0.05) is 0 Å². The van der Waals surface area contributed by atoms with Gasteiger partial charge in [0.05, 0.1) is 5.56 Å². The number of hydrogen-bond donors (Lipinski definition) is 1. The van der Waals surface area contributed by atoms with Crippen LogP contribution in [0.4, 0.5) is 0 Å². The van der Waals surface area contributed by atoms with Crippen molar-refractivity contribution >= 4 is 5.91 Å². The molecule has 0 spiro atoms. The summed E-state index contributed by atoms with van der Waals surface area (Å²) in [5, 5.41) is 3.51. The largest absolute Gasteiger partial charge is 0.469 e. The Morgan fingerprint density at radius 3 is 3.12 bits per heavy atom. The summed E-state index contributed by atoms with van der Waals surface area (Å²) < 4.78 is 5.20. The van der Waals surface area contributed by atoms with Gasteiger partial charge >= 0.3 is 0 Å². The maximum absolute atomic E-state index is 12.2. The van der Waals surface area contributed by atoms with Crippen molar-refractivity contribution < 1.29 is 9.21 Å². The first-order valence-electron chi connectivity index (χ1n) is 6.32. The van der Waals surface area contributed by atoms with Crippen LogP contribution in [0.2, 0.25) is 0 Å². The van der Waals surface area contributed by atoms with E-state index in [1.165, 1.54) is 12.8 Å². The fraction of sp³-hybridized carbons (Fsp3) is 0.615. The molecule has 3 heterocycles. The van der Waals surface area contributed by atoms with Gasteiger partial charge in [0.1, 0.15) is 12.0 Å². The van der Waals surface area contributed by atoms with Crippen LogP contribution in [0.1, 0.15) is 29.0 Å². The number of hydrogen-bond acceptors (Lipinski definition) is 3. The molecule has 1 aromatic rings. The summed E-state index contributed by atoms with van der Waals surface area (Å²) in [7, 11) is 0. The van der Waals surface area contributed by atoms with Gasteiger partial charge in [0, 0.05) is 19.1 Å². The predicted molar refractivity (Wildman–Crippen MR) is 63.9 cm³/mol. The molecule has 0 bridgehead atoms. The van der Waals surface area contributed by atoms with E-state index in [1.54, 1.807) is 6.26 Å². The Morgan fingerprint density at radius 1 is 1.53 bits per heavy atom. The number of aryl methyl sites for hydroxylation is 1. The van der Waals surface area contributed by atoms with Crippen LogP contribution in [0.5, 0.6) is 0 Å². The van der Waals surface area contributed by atoms with Crippen molar-refractivity contribution in [3.63, 3.8) is 0 Å². The second kappa shape index (κ2) is 4.18. The molecule has 2 aliphatic heterocycles. The average molecular weight is 234 g/mol. The second-order valence-corrected chi connectivity index (χ2v) is 5.12. The van der Waals surface area contributed by atoms with E-state index >= 15 is 0 Å². The molecule has 3 rings (SSSR count). The molecule has 1 N–H and O–H groups in total. The lowest BCUT2D eigenvalue weighted by Gasteiger charge is -2.24. The van der Waals surface area contributed by atoms with Gasteiger partial charge < -0.3 is 14.6 Å². The Morgan fingerprint density at radius 2 is 2.41 bits per heavy atom. The number of nitrogens with zero attached hydrogens (tertiary/aromatic N) is 1. The lowest BCUT2D eigenvalue weighted by Crippen LogP contribution is -2.41. The quantitative estimate of drug-likeness (QED) is 0.799. The zero-order chi connectivity index (χ0) is 11.8. The standard InChI is InChI=1S/C13H18N2O2/c1-9-5-11(8-17-9)13(16)15-6-10-3-2-4-14-12(10)7-15/h5,8,10,12,14H,2-4,6-7H2,1H3. The number of nitrogens with one attached hydrogen (secondary N) is 1. The van der Waals surface area contributed by atoms with Crippen molar-refractivity contribution in [1.29, 1.82) is 0 Å². The van der Waals surface area contributed by atoms with Gasteiger partial charge in [0.25, 0.3) is 5.91 Å². The molecule has 2 aliphatic rings. The van der Waals surface area contributed by atoms with Gasteiger partial charge in [0.15, 0.2) is 0 Å². The minimum atomic E-state index is 0.109. The monoisotopic (exact) mass is 234 g/mol. The smallest absolute Gasteiger partial charge is 0.257 e. The van der Waals surface area contributed by atoms with Gasteiger partial charge in [-0.05, 0) is 38.3 Å². The topological polar surface area (TPSA) is 45.5 Å². The Bertz CT molecular complexity index is 413. The zero-order valence-corrected chi connectivity index (χ0v) is 10.1. The lowest BCUT2D eigenvalue weighted by atomic mass is 9.94. The summed E-state index contributed by atoms with van der Waals surface area (Å²) in [5.41, 5.74) is 0.682. The summed E-state index contributed by atoms with van der Waals surface area (Å²) in [6.07, 6.45) is 4.03. The van der Waals surface area contributed by atoms with Crippen molar-refractivity contribution in [2.75, 3.05) is 19.6 Å². The Kier molecular flexibility index (Phi) is 2.67. The summed E-state index contributed by atoms with van der Waals surface area (Å²) in [4.78, 5) is 14.2. The van der Waals surface area contributed by atoms with Crippen LogP contribution < -0.4 is 5.32 Å². The maximum atomic E-state index is 12.2. The molecule has 1 amide bonds. The summed E-state index contributed by atoms with van der Waals surface area (Å²) in [6.45, 7) is 4.69. The van der Waals surface area contributed by atoms with Crippen molar-refractivity contribution in [3.05, 3.63) is 23.7 Å². The molecule has 92 valence electrons. The first-order chi connectivity index (χ1) is 8.24. The fourth-order valence-corrected chi connectivity index (χ4v) is 2.95. The van der Waals surface area contributed by atoms with E-state index in [2.05, 4.69) is 5.32 Å². The van der Waals surface area contributed by atoms with E-state index in [-0.39, 0.29) is 5.91 Å². The predicted octanol–water partition coefficient (Wildman–Crippen LogP) is 1.41. The number of piperidine rings is 1. The van der Waals surface area contributed by atoms with Crippen LogP contribution in [-0.4, -0.2) is 36.5 Å². The molecule has 2 saturated heterocycles. The van der Waals surface area contributed by atoms with Gasteiger partial charge in [-0.3, -0.25) is 4.79 Å². The van der Waals surface area contributed by atoms with Crippen LogP contribution in [0.3, 0.4) is 0 Å².